The molecule has 3 aromatic carbocycles. The summed E-state index contributed by atoms with van der Waals surface area (Å²) in [6.07, 6.45) is 6.19. The number of nitrogens with one attached hydrogen (secondary N) is 1. The molecular formula is C33H40ClN3O5S2. The molecule has 2 amide bonds. The number of rotatable bonds is 14. The highest BCUT2D eigenvalue weighted by Gasteiger charge is 2.35. The highest BCUT2D eigenvalue weighted by Crippen LogP contribution is 2.33. The zero-order valence-corrected chi connectivity index (χ0v) is 27.8. The molecular weight excluding hydrogens is 618 g/mol. The van der Waals surface area contributed by atoms with Crippen LogP contribution in [0.5, 0.6) is 5.75 Å². The van der Waals surface area contributed by atoms with Gasteiger partial charge in [0.1, 0.15) is 18.3 Å². The van der Waals surface area contributed by atoms with Crippen molar-refractivity contribution in [2.24, 2.45) is 0 Å². The van der Waals surface area contributed by atoms with Crippen LogP contribution in [0.3, 0.4) is 0 Å². The monoisotopic (exact) mass is 657 g/mol. The molecule has 4 rings (SSSR count). The number of anilines is 1. The Morgan fingerprint density at radius 3 is 2.27 bits per heavy atom. The van der Waals surface area contributed by atoms with E-state index in [9.17, 15) is 18.0 Å². The van der Waals surface area contributed by atoms with Crippen molar-refractivity contribution in [1.29, 1.82) is 0 Å². The molecule has 0 heterocycles. The van der Waals surface area contributed by atoms with Gasteiger partial charge in [0.25, 0.3) is 10.0 Å². The molecule has 1 aliphatic carbocycles. The van der Waals surface area contributed by atoms with Crippen LogP contribution in [0.1, 0.15) is 51.5 Å². The van der Waals surface area contributed by atoms with Gasteiger partial charge in [-0.05, 0) is 86.5 Å². The Morgan fingerprint density at radius 1 is 1.00 bits per heavy atom. The summed E-state index contributed by atoms with van der Waals surface area (Å²) in [6.45, 7) is 3.55. The van der Waals surface area contributed by atoms with E-state index in [-0.39, 0.29) is 29.1 Å². The van der Waals surface area contributed by atoms with Crippen LogP contribution in [0.15, 0.2) is 82.6 Å². The number of amides is 2. The third-order valence-electron chi connectivity index (χ3n) is 7.71. The van der Waals surface area contributed by atoms with Gasteiger partial charge in [-0.1, -0.05) is 55.6 Å². The van der Waals surface area contributed by atoms with E-state index in [1.807, 2.05) is 20.1 Å². The van der Waals surface area contributed by atoms with E-state index in [0.717, 1.165) is 40.4 Å². The average Bonchev–Trinajstić information content (AvgIpc) is 3.54. The molecule has 236 valence electrons. The number of hydrogen-bond acceptors (Lipinski definition) is 6. The fourth-order valence-electron chi connectivity index (χ4n) is 5.40. The second-order valence-electron chi connectivity index (χ2n) is 10.7. The summed E-state index contributed by atoms with van der Waals surface area (Å²) in [7, 11) is -4.22. The van der Waals surface area contributed by atoms with E-state index < -0.39 is 28.5 Å². The summed E-state index contributed by atoms with van der Waals surface area (Å²) >= 11 is 7.62. The molecule has 1 aliphatic rings. The number of sulfonamides is 1. The predicted octanol–water partition coefficient (Wildman–Crippen LogP) is 6.52. The molecule has 0 aromatic heterocycles. The van der Waals surface area contributed by atoms with Crippen molar-refractivity contribution in [3.8, 4) is 5.75 Å². The molecule has 3 aromatic rings. The molecule has 1 fully saturated rings. The van der Waals surface area contributed by atoms with Crippen molar-refractivity contribution in [2.75, 3.05) is 23.7 Å². The van der Waals surface area contributed by atoms with Gasteiger partial charge < -0.3 is 15.0 Å². The lowest BCUT2D eigenvalue weighted by atomic mass is 10.1. The molecule has 0 bridgehead atoms. The van der Waals surface area contributed by atoms with Gasteiger partial charge in [-0.15, -0.1) is 11.8 Å². The molecule has 44 heavy (non-hydrogen) atoms. The number of thioether (sulfide) groups is 1. The maximum Gasteiger partial charge on any atom is 0.264 e. The van der Waals surface area contributed by atoms with E-state index in [2.05, 4.69) is 5.32 Å². The van der Waals surface area contributed by atoms with E-state index in [1.54, 1.807) is 60.7 Å². The normalized spacial score (nSPS) is 14.2. The van der Waals surface area contributed by atoms with Crippen LogP contribution in [-0.2, 0) is 26.2 Å². The Kier molecular flexibility index (Phi) is 12.0. The Balaban J connectivity index is 1.75. The molecule has 0 saturated heterocycles. The summed E-state index contributed by atoms with van der Waals surface area (Å²) in [5.41, 5.74) is 1.01. The lowest BCUT2D eigenvalue weighted by molar-refractivity contribution is -0.140. The predicted molar refractivity (Wildman–Crippen MR) is 177 cm³/mol. The SMILES string of the molecule is CCOc1ccccc1N(CC(=O)N(Cc1ccc(Cl)cc1)[C@H](CC)C(=O)NC1CCCC1)S(=O)(=O)c1ccc(SC)cc1. The topological polar surface area (TPSA) is 96.0 Å². The van der Waals surface area contributed by atoms with Crippen molar-refractivity contribution in [2.45, 2.75) is 74.4 Å². The quantitative estimate of drug-likeness (QED) is 0.198. The van der Waals surface area contributed by atoms with Crippen LogP contribution in [0, 0.1) is 0 Å². The van der Waals surface area contributed by atoms with Gasteiger partial charge in [0, 0.05) is 22.5 Å². The fourth-order valence-corrected chi connectivity index (χ4v) is 7.36. The molecule has 0 spiro atoms. The van der Waals surface area contributed by atoms with Crippen molar-refractivity contribution in [3.05, 3.63) is 83.4 Å². The summed E-state index contributed by atoms with van der Waals surface area (Å²) in [4.78, 5) is 30.4. The van der Waals surface area contributed by atoms with E-state index in [1.165, 1.54) is 28.8 Å². The minimum Gasteiger partial charge on any atom is -0.492 e. The first-order chi connectivity index (χ1) is 21.2. The minimum atomic E-state index is -4.22. The van der Waals surface area contributed by atoms with E-state index >= 15 is 0 Å². The van der Waals surface area contributed by atoms with Crippen LogP contribution in [-0.4, -0.2) is 56.6 Å². The molecule has 1 N–H and O–H groups in total. The second kappa shape index (κ2) is 15.7. The maximum atomic E-state index is 14.4. The standard InChI is InChI=1S/C33H40ClN3O5S2/c1-4-29(33(39)35-26-10-6-7-11-26)36(22-24-14-16-25(34)17-15-24)32(38)23-37(30-12-8-9-13-31(30)42-5-2)44(40,41)28-20-18-27(43-3)19-21-28/h8-9,12-21,26,29H,4-7,10-11,22-23H2,1-3H3,(H,35,39)/t29-/m1/s1. The highest BCUT2D eigenvalue weighted by atomic mass is 35.5. The summed E-state index contributed by atoms with van der Waals surface area (Å²) < 4.78 is 35.4. The highest BCUT2D eigenvalue weighted by molar-refractivity contribution is 7.98. The number of hydrogen-bond donors (Lipinski definition) is 1. The van der Waals surface area contributed by atoms with Gasteiger partial charge in [0.05, 0.1) is 17.2 Å². The first kappa shape index (κ1) is 33.7. The molecule has 1 saturated carbocycles. The number of halogens is 1. The molecule has 8 nitrogen and oxygen atoms in total. The first-order valence-electron chi connectivity index (χ1n) is 14.9. The summed E-state index contributed by atoms with van der Waals surface area (Å²) in [5.74, 6) is -0.412. The number of nitrogens with zero attached hydrogens (tertiary/aromatic N) is 2. The second-order valence-corrected chi connectivity index (χ2v) is 13.8. The third-order valence-corrected chi connectivity index (χ3v) is 10.5. The molecule has 0 aliphatic heterocycles. The van der Waals surface area contributed by atoms with Crippen molar-refractivity contribution in [3.63, 3.8) is 0 Å². The number of carbonyl (C=O) groups excluding carboxylic acids is 2. The summed E-state index contributed by atoms with van der Waals surface area (Å²) in [6, 6.07) is 19.6. The first-order valence-corrected chi connectivity index (χ1v) is 17.9. The van der Waals surface area contributed by atoms with E-state index in [0.29, 0.717) is 23.8 Å². The van der Waals surface area contributed by atoms with Crippen molar-refractivity contribution in [1.82, 2.24) is 10.2 Å². The number of carbonyl (C=O) groups is 2. The largest absolute Gasteiger partial charge is 0.492 e. The van der Waals surface area contributed by atoms with Gasteiger partial charge in [0.15, 0.2) is 0 Å². The van der Waals surface area contributed by atoms with Gasteiger partial charge in [-0.2, -0.15) is 0 Å². The van der Waals surface area contributed by atoms with Crippen LogP contribution in [0.4, 0.5) is 5.69 Å². The van der Waals surface area contributed by atoms with Gasteiger partial charge in [-0.25, -0.2) is 8.42 Å². The van der Waals surface area contributed by atoms with Crippen LogP contribution in [0.2, 0.25) is 5.02 Å². The number of benzene rings is 3. The van der Waals surface area contributed by atoms with Gasteiger partial charge in [-0.3, -0.25) is 13.9 Å². The minimum absolute atomic E-state index is 0.0460. The maximum absolute atomic E-state index is 14.4. The van der Waals surface area contributed by atoms with Crippen LogP contribution < -0.4 is 14.4 Å². The molecule has 11 heteroatoms. The third kappa shape index (κ3) is 8.28. The Labute approximate surface area is 270 Å². The average molecular weight is 658 g/mol. The van der Waals surface area contributed by atoms with Crippen molar-refractivity contribution >= 4 is 50.9 Å². The summed E-state index contributed by atoms with van der Waals surface area (Å²) in [5, 5.41) is 3.68. The Bertz CT molecular complexity index is 1510. The smallest absolute Gasteiger partial charge is 0.264 e. The Morgan fingerprint density at radius 2 is 1.66 bits per heavy atom. The molecule has 0 radical (unpaired) electrons. The number of ether oxygens (including phenoxy) is 1. The van der Waals surface area contributed by atoms with Gasteiger partial charge in [0.2, 0.25) is 11.8 Å². The number of para-hydroxylation sites is 2. The van der Waals surface area contributed by atoms with Crippen LogP contribution >= 0.6 is 23.4 Å². The molecule has 0 unspecified atom stereocenters. The fraction of sp³-hybridized carbons (Fsp3) is 0.394. The van der Waals surface area contributed by atoms with Gasteiger partial charge >= 0.3 is 0 Å². The molecule has 1 atom stereocenters. The lowest BCUT2D eigenvalue weighted by Gasteiger charge is -2.34. The zero-order valence-electron chi connectivity index (χ0n) is 25.4. The Hall–Kier alpha value is -3.21. The van der Waals surface area contributed by atoms with Crippen LogP contribution in [0.25, 0.3) is 0 Å². The zero-order chi connectivity index (χ0) is 31.7. The van der Waals surface area contributed by atoms with E-state index in [4.69, 9.17) is 16.3 Å². The van der Waals surface area contributed by atoms with Crippen molar-refractivity contribution < 1.29 is 22.7 Å². The lowest BCUT2D eigenvalue weighted by Crippen LogP contribution is -2.53.